The zero-order valence-electron chi connectivity index (χ0n) is 16.6. The quantitative estimate of drug-likeness (QED) is 0.274. The van der Waals surface area contributed by atoms with E-state index < -0.39 is 10.8 Å². The summed E-state index contributed by atoms with van der Waals surface area (Å²) >= 11 is 3.30. The third-order valence-corrected chi connectivity index (χ3v) is 4.99. The molecule has 0 radical (unpaired) electrons. The molecule has 0 saturated heterocycles. The average molecular weight is 492 g/mol. The lowest BCUT2D eigenvalue weighted by atomic mass is 10.2. The normalized spacial score (nSPS) is 10.7. The maximum absolute atomic E-state index is 12.2. The number of aromatic nitrogens is 4. The van der Waals surface area contributed by atoms with Crippen LogP contribution >= 0.6 is 15.9 Å². The van der Waals surface area contributed by atoms with E-state index in [2.05, 4.69) is 41.8 Å². The Balaban J connectivity index is 1.52. The fourth-order valence-corrected chi connectivity index (χ4v) is 3.28. The van der Waals surface area contributed by atoms with Crippen LogP contribution in [0.25, 0.3) is 0 Å². The van der Waals surface area contributed by atoms with Crippen molar-refractivity contribution in [3.63, 3.8) is 0 Å². The van der Waals surface area contributed by atoms with Crippen molar-refractivity contribution < 1.29 is 19.0 Å². The number of nitro groups is 1. The lowest BCUT2D eigenvalue weighted by Crippen LogP contribution is -2.35. The predicted octanol–water partition coefficient (Wildman–Crippen LogP) is 1.76. The van der Waals surface area contributed by atoms with Gasteiger partial charge in [-0.1, -0.05) is 17.3 Å². The zero-order chi connectivity index (χ0) is 22.5. The molecule has 0 bridgehead atoms. The van der Waals surface area contributed by atoms with Crippen molar-refractivity contribution in [2.24, 2.45) is 0 Å². The summed E-state index contributed by atoms with van der Waals surface area (Å²) in [5.41, 5.74) is 1.03. The largest absolute Gasteiger partial charge is 0.350 e. The standard InChI is InChI=1S/C18H18BrN7O5/c1-10-15(26(29)30)11(2)25(23-10)9-14-22-18(31-24-14)17(28)21-8-7-20-16(27)12-5-3-4-6-13(12)19/h3-6H,7-9H2,1-2H3,(H,20,27)(H,21,28). The van der Waals surface area contributed by atoms with E-state index in [0.29, 0.717) is 15.7 Å². The van der Waals surface area contributed by atoms with E-state index >= 15 is 0 Å². The molecule has 0 aliphatic rings. The molecule has 2 amide bonds. The summed E-state index contributed by atoms with van der Waals surface area (Å²) in [5, 5.41) is 24.2. The Bertz CT molecular complexity index is 1140. The van der Waals surface area contributed by atoms with Crippen molar-refractivity contribution in [3.05, 3.63) is 67.5 Å². The molecule has 3 aromatic rings. The maximum Gasteiger partial charge on any atom is 0.316 e. The van der Waals surface area contributed by atoms with Gasteiger partial charge in [-0.2, -0.15) is 10.1 Å². The first-order chi connectivity index (χ1) is 14.8. The fourth-order valence-electron chi connectivity index (χ4n) is 2.82. The van der Waals surface area contributed by atoms with E-state index in [-0.39, 0.29) is 48.6 Å². The summed E-state index contributed by atoms with van der Waals surface area (Å²) in [6.07, 6.45) is 0. The van der Waals surface area contributed by atoms with E-state index in [1.807, 2.05) is 0 Å². The van der Waals surface area contributed by atoms with Crippen LogP contribution in [0.5, 0.6) is 0 Å². The highest BCUT2D eigenvalue weighted by molar-refractivity contribution is 9.10. The maximum atomic E-state index is 12.2. The summed E-state index contributed by atoms with van der Waals surface area (Å²) in [6, 6.07) is 6.98. The minimum absolute atomic E-state index is 0.0132. The van der Waals surface area contributed by atoms with Gasteiger partial charge < -0.3 is 15.2 Å². The molecule has 0 aliphatic heterocycles. The Morgan fingerprint density at radius 1 is 1.19 bits per heavy atom. The summed E-state index contributed by atoms with van der Waals surface area (Å²) in [6.45, 7) is 3.46. The Hall–Kier alpha value is -3.61. The van der Waals surface area contributed by atoms with E-state index in [1.54, 1.807) is 31.2 Å². The number of halogens is 1. The number of carbonyl (C=O) groups is 2. The van der Waals surface area contributed by atoms with Crippen LogP contribution in [0, 0.1) is 24.0 Å². The fraction of sp³-hybridized carbons (Fsp3) is 0.278. The molecule has 2 N–H and O–H groups in total. The van der Waals surface area contributed by atoms with Crippen molar-refractivity contribution in [3.8, 4) is 0 Å². The Morgan fingerprint density at radius 2 is 1.87 bits per heavy atom. The minimum atomic E-state index is -0.603. The number of hydrogen-bond acceptors (Lipinski definition) is 8. The molecular weight excluding hydrogens is 474 g/mol. The molecule has 13 heteroatoms. The van der Waals surface area contributed by atoms with Gasteiger partial charge >= 0.3 is 17.5 Å². The van der Waals surface area contributed by atoms with E-state index in [9.17, 15) is 19.7 Å². The smallest absolute Gasteiger partial charge is 0.316 e. The van der Waals surface area contributed by atoms with Crippen molar-refractivity contribution in [2.45, 2.75) is 20.4 Å². The van der Waals surface area contributed by atoms with E-state index in [1.165, 1.54) is 11.6 Å². The van der Waals surface area contributed by atoms with Crippen molar-refractivity contribution in [2.75, 3.05) is 13.1 Å². The van der Waals surface area contributed by atoms with Gasteiger partial charge in [-0.15, -0.1) is 0 Å². The molecule has 2 heterocycles. The number of carbonyl (C=O) groups excluding carboxylic acids is 2. The number of hydrogen-bond donors (Lipinski definition) is 2. The summed E-state index contributed by atoms with van der Waals surface area (Å²) in [7, 11) is 0. The van der Waals surface area contributed by atoms with Gasteiger partial charge in [0.15, 0.2) is 5.82 Å². The lowest BCUT2D eigenvalue weighted by molar-refractivity contribution is -0.386. The summed E-state index contributed by atoms with van der Waals surface area (Å²) < 4.78 is 6.99. The molecule has 0 saturated carbocycles. The van der Waals surface area contributed by atoms with Gasteiger partial charge in [-0.25, -0.2) is 0 Å². The second kappa shape index (κ2) is 9.47. The number of rotatable bonds is 8. The van der Waals surface area contributed by atoms with Gasteiger partial charge in [0.1, 0.15) is 17.9 Å². The van der Waals surface area contributed by atoms with Crippen LogP contribution < -0.4 is 10.6 Å². The highest BCUT2D eigenvalue weighted by Gasteiger charge is 2.23. The van der Waals surface area contributed by atoms with Crippen LogP contribution in [-0.4, -0.2) is 49.7 Å². The summed E-state index contributed by atoms with van der Waals surface area (Å²) in [5.74, 6) is -0.995. The zero-order valence-corrected chi connectivity index (χ0v) is 18.2. The molecule has 0 spiro atoms. The highest BCUT2D eigenvalue weighted by atomic mass is 79.9. The van der Waals surface area contributed by atoms with Gasteiger partial charge in [-0.05, 0) is 41.9 Å². The molecule has 162 valence electrons. The van der Waals surface area contributed by atoms with Gasteiger partial charge in [0.25, 0.3) is 5.91 Å². The molecule has 31 heavy (non-hydrogen) atoms. The van der Waals surface area contributed by atoms with Crippen LogP contribution in [-0.2, 0) is 6.54 Å². The van der Waals surface area contributed by atoms with Crippen LogP contribution in [0.15, 0.2) is 33.3 Å². The van der Waals surface area contributed by atoms with Gasteiger partial charge in [0.05, 0.1) is 10.5 Å². The van der Waals surface area contributed by atoms with Crippen LogP contribution in [0.2, 0.25) is 0 Å². The molecule has 2 aromatic heterocycles. The average Bonchev–Trinajstić information content (AvgIpc) is 3.29. The molecule has 3 rings (SSSR count). The lowest BCUT2D eigenvalue weighted by Gasteiger charge is -2.07. The molecule has 12 nitrogen and oxygen atoms in total. The Labute approximate surface area is 184 Å². The van der Waals surface area contributed by atoms with E-state index in [4.69, 9.17) is 4.52 Å². The van der Waals surface area contributed by atoms with Crippen LogP contribution in [0.1, 0.15) is 38.3 Å². The van der Waals surface area contributed by atoms with Crippen LogP contribution in [0.3, 0.4) is 0 Å². The number of amides is 2. The molecule has 0 aliphatic carbocycles. The molecule has 0 unspecified atom stereocenters. The first-order valence-corrected chi connectivity index (χ1v) is 9.89. The monoisotopic (exact) mass is 491 g/mol. The van der Waals surface area contributed by atoms with Crippen molar-refractivity contribution in [1.82, 2.24) is 30.6 Å². The third-order valence-electron chi connectivity index (χ3n) is 4.29. The first kappa shape index (κ1) is 22.1. The van der Waals surface area contributed by atoms with E-state index in [0.717, 1.165) is 0 Å². The first-order valence-electron chi connectivity index (χ1n) is 9.09. The predicted molar refractivity (Wildman–Crippen MR) is 111 cm³/mol. The van der Waals surface area contributed by atoms with Gasteiger partial charge in [-0.3, -0.25) is 24.4 Å². The highest BCUT2D eigenvalue weighted by Crippen LogP contribution is 2.22. The molecule has 0 fully saturated rings. The molecule has 1 aromatic carbocycles. The van der Waals surface area contributed by atoms with Crippen LogP contribution in [0.4, 0.5) is 5.69 Å². The second-order valence-electron chi connectivity index (χ2n) is 6.44. The topological polar surface area (TPSA) is 158 Å². The SMILES string of the molecule is Cc1nn(Cc2noc(C(=O)NCCNC(=O)c3ccccc3Br)n2)c(C)c1[N+](=O)[O-]. The summed E-state index contributed by atoms with van der Waals surface area (Å²) in [4.78, 5) is 38.8. The number of aryl methyl sites for hydroxylation is 1. The minimum Gasteiger partial charge on any atom is -0.350 e. The van der Waals surface area contributed by atoms with Gasteiger partial charge in [0, 0.05) is 17.6 Å². The molecular formula is C18H18BrN7O5. The van der Waals surface area contributed by atoms with Crippen molar-refractivity contribution in [1.29, 1.82) is 0 Å². The molecule has 0 atom stereocenters. The van der Waals surface area contributed by atoms with Crippen molar-refractivity contribution >= 4 is 33.4 Å². The number of nitrogens with one attached hydrogen (secondary N) is 2. The number of benzene rings is 1. The third kappa shape index (κ3) is 5.12. The number of nitrogens with zero attached hydrogens (tertiary/aromatic N) is 5. The second-order valence-corrected chi connectivity index (χ2v) is 7.30. The van der Waals surface area contributed by atoms with Gasteiger partial charge in [0.2, 0.25) is 0 Å². The Kier molecular flexibility index (Phi) is 6.74. The Morgan fingerprint density at radius 3 is 2.52 bits per heavy atom.